The molecule has 0 aromatic heterocycles. The van der Waals surface area contributed by atoms with Crippen LogP contribution >= 0.6 is 0 Å². The summed E-state index contributed by atoms with van der Waals surface area (Å²) >= 11 is 0. The highest BCUT2D eigenvalue weighted by Crippen LogP contribution is 2.02. The van der Waals surface area contributed by atoms with Gasteiger partial charge in [0.25, 0.3) is 10.1 Å². The first-order valence-electron chi connectivity index (χ1n) is 2.71. The van der Waals surface area contributed by atoms with Gasteiger partial charge < -0.3 is 5.21 Å². The third kappa shape index (κ3) is 2.69. The van der Waals surface area contributed by atoms with Crippen molar-refractivity contribution in [2.45, 2.75) is 12.2 Å². The summed E-state index contributed by atoms with van der Waals surface area (Å²) in [6.45, 7) is 4.43. The van der Waals surface area contributed by atoms with E-state index in [2.05, 4.69) is 11.7 Å². The number of hydrogen-bond acceptors (Lipinski definition) is 4. The fourth-order valence-electron chi connectivity index (χ4n) is 0.565. The predicted octanol–water partition coefficient (Wildman–Crippen LogP) is 0.279. The average Bonchev–Trinajstić information content (AvgIpc) is 1.86. The fraction of sp³-hybridized carbons (Fsp3) is 0.400. The zero-order chi connectivity index (χ0) is 9.07. The van der Waals surface area contributed by atoms with Gasteiger partial charge in [-0.15, -0.1) is 6.58 Å². The summed E-state index contributed by atoms with van der Waals surface area (Å²) in [5.74, 6) is 0. The zero-order valence-corrected chi connectivity index (χ0v) is 6.74. The molecule has 0 aliphatic heterocycles. The van der Waals surface area contributed by atoms with Crippen LogP contribution in [0.2, 0.25) is 0 Å². The van der Waals surface area contributed by atoms with Crippen LogP contribution in [0.15, 0.2) is 17.8 Å². The van der Waals surface area contributed by atoms with E-state index in [-0.39, 0.29) is 5.71 Å². The Hall–Kier alpha value is -0.880. The molecular weight excluding hydrogens is 170 g/mol. The number of oxime groups is 1. The van der Waals surface area contributed by atoms with Crippen molar-refractivity contribution >= 4 is 15.8 Å². The van der Waals surface area contributed by atoms with Crippen LogP contribution in [0.1, 0.15) is 6.92 Å². The van der Waals surface area contributed by atoms with Gasteiger partial charge in [-0.1, -0.05) is 11.2 Å². The Bertz CT molecular complexity index is 266. The maximum Gasteiger partial charge on any atom is 0.276 e. The normalized spacial score (nSPS) is 16.0. The highest BCUT2D eigenvalue weighted by molar-refractivity contribution is 7.87. The van der Waals surface area contributed by atoms with Crippen molar-refractivity contribution in [2.75, 3.05) is 0 Å². The molecule has 0 unspecified atom stereocenters. The molecule has 6 heteroatoms. The zero-order valence-electron chi connectivity index (χ0n) is 5.93. The van der Waals surface area contributed by atoms with E-state index in [1.54, 1.807) is 0 Å². The topological polar surface area (TPSA) is 87.0 Å². The first kappa shape index (κ1) is 10.1. The second-order valence-corrected chi connectivity index (χ2v) is 3.45. The minimum Gasteiger partial charge on any atom is -0.411 e. The summed E-state index contributed by atoms with van der Waals surface area (Å²) in [5, 5.41) is 9.47. The Morgan fingerprint density at radius 1 is 1.73 bits per heavy atom. The summed E-state index contributed by atoms with van der Waals surface area (Å²) in [5.41, 5.74) is -0.123. The Kier molecular flexibility index (Phi) is 3.21. The molecule has 11 heavy (non-hydrogen) atoms. The molecular formula is C5H9NO4S. The number of rotatable bonds is 3. The number of hydrogen-bond donors (Lipinski definition) is 2. The highest BCUT2D eigenvalue weighted by atomic mass is 32.2. The largest absolute Gasteiger partial charge is 0.411 e. The first-order chi connectivity index (χ1) is 4.93. The van der Waals surface area contributed by atoms with E-state index in [0.717, 1.165) is 6.08 Å². The van der Waals surface area contributed by atoms with Gasteiger partial charge in [-0.25, -0.2) is 0 Å². The third-order valence-electron chi connectivity index (χ3n) is 1.10. The van der Waals surface area contributed by atoms with Crippen LogP contribution in [0.4, 0.5) is 0 Å². The molecule has 0 heterocycles. The fourth-order valence-corrected chi connectivity index (χ4v) is 1.29. The molecule has 0 aliphatic rings. The molecule has 0 radical (unpaired) electrons. The van der Waals surface area contributed by atoms with Crippen LogP contribution in [-0.2, 0) is 10.1 Å². The molecule has 0 rings (SSSR count). The van der Waals surface area contributed by atoms with Crippen LogP contribution in [0.5, 0.6) is 0 Å². The standard InChI is InChI=1S/C5H9NO4S/c1-3-5(4(2)6-7)11(8,9)10/h3,5,7H,1H2,2H3,(H,8,9,10)/t5-/m1/s1. The lowest BCUT2D eigenvalue weighted by atomic mass is 10.3. The minimum atomic E-state index is -4.24. The molecule has 0 saturated heterocycles. The molecule has 1 atom stereocenters. The highest BCUT2D eigenvalue weighted by Gasteiger charge is 2.22. The maximum absolute atomic E-state index is 10.5. The molecule has 0 spiro atoms. The lowest BCUT2D eigenvalue weighted by molar-refractivity contribution is 0.317. The Labute approximate surface area is 64.8 Å². The molecule has 2 N–H and O–H groups in total. The van der Waals surface area contributed by atoms with Gasteiger partial charge in [0.15, 0.2) is 0 Å². The molecule has 0 amide bonds. The van der Waals surface area contributed by atoms with Crippen molar-refractivity contribution < 1.29 is 18.2 Å². The van der Waals surface area contributed by atoms with E-state index in [1.165, 1.54) is 6.92 Å². The molecule has 5 nitrogen and oxygen atoms in total. The third-order valence-corrected chi connectivity index (χ3v) is 2.28. The van der Waals surface area contributed by atoms with Crippen molar-refractivity contribution in [1.82, 2.24) is 0 Å². The smallest absolute Gasteiger partial charge is 0.276 e. The lowest BCUT2D eigenvalue weighted by Crippen LogP contribution is -2.25. The lowest BCUT2D eigenvalue weighted by Gasteiger charge is -2.05. The first-order valence-corrected chi connectivity index (χ1v) is 4.21. The summed E-state index contributed by atoms with van der Waals surface area (Å²) in [7, 11) is -4.24. The van der Waals surface area contributed by atoms with E-state index >= 15 is 0 Å². The Balaban J connectivity index is 4.86. The molecule has 0 fully saturated rings. The second kappa shape index (κ2) is 3.49. The predicted molar refractivity (Wildman–Crippen MR) is 40.4 cm³/mol. The molecule has 0 aromatic rings. The van der Waals surface area contributed by atoms with Gasteiger partial charge in [0, 0.05) is 0 Å². The molecule has 0 aromatic carbocycles. The van der Waals surface area contributed by atoms with E-state index in [9.17, 15) is 8.42 Å². The average molecular weight is 179 g/mol. The second-order valence-electron chi connectivity index (χ2n) is 1.91. The monoisotopic (exact) mass is 179 g/mol. The van der Waals surface area contributed by atoms with Gasteiger partial charge in [0.2, 0.25) is 0 Å². The van der Waals surface area contributed by atoms with Gasteiger partial charge in [0.1, 0.15) is 5.25 Å². The van der Waals surface area contributed by atoms with E-state index in [4.69, 9.17) is 9.76 Å². The van der Waals surface area contributed by atoms with E-state index in [0.29, 0.717) is 0 Å². The van der Waals surface area contributed by atoms with Gasteiger partial charge in [-0.3, -0.25) is 4.55 Å². The van der Waals surface area contributed by atoms with Crippen LogP contribution in [-0.4, -0.2) is 29.1 Å². The van der Waals surface area contributed by atoms with Crippen molar-refractivity contribution in [3.63, 3.8) is 0 Å². The molecule has 0 bridgehead atoms. The van der Waals surface area contributed by atoms with E-state index in [1.807, 2.05) is 0 Å². The van der Waals surface area contributed by atoms with Gasteiger partial charge in [-0.2, -0.15) is 8.42 Å². The summed E-state index contributed by atoms with van der Waals surface area (Å²) in [4.78, 5) is 0. The number of nitrogens with zero attached hydrogens (tertiary/aromatic N) is 1. The minimum absolute atomic E-state index is 0.123. The maximum atomic E-state index is 10.5. The van der Waals surface area contributed by atoms with Gasteiger partial charge in [-0.05, 0) is 6.92 Å². The van der Waals surface area contributed by atoms with Crippen LogP contribution < -0.4 is 0 Å². The van der Waals surface area contributed by atoms with Crippen molar-refractivity contribution in [1.29, 1.82) is 0 Å². The quantitative estimate of drug-likeness (QED) is 0.214. The molecule has 0 aliphatic carbocycles. The van der Waals surface area contributed by atoms with Crippen molar-refractivity contribution in [2.24, 2.45) is 5.16 Å². The van der Waals surface area contributed by atoms with Gasteiger partial charge >= 0.3 is 0 Å². The molecule has 64 valence electrons. The Morgan fingerprint density at radius 2 is 2.18 bits per heavy atom. The van der Waals surface area contributed by atoms with Crippen LogP contribution in [0, 0.1) is 0 Å². The summed E-state index contributed by atoms with van der Waals surface area (Å²) in [6.07, 6.45) is 0.977. The van der Waals surface area contributed by atoms with Crippen LogP contribution in [0.25, 0.3) is 0 Å². The van der Waals surface area contributed by atoms with Crippen molar-refractivity contribution in [3.8, 4) is 0 Å². The Morgan fingerprint density at radius 3 is 2.27 bits per heavy atom. The SMILES string of the molecule is C=C[C@H](C(C)=NO)S(=O)(=O)O. The van der Waals surface area contributed by atoms with E-state index < -0.39 is 15.4 Å². The molecule has 0 saturated carbocycles. The van der Waals surface area contributed by atoms with Crippen molar-refractivity contribution in [3.05, 3.63) is 12.7 Å². The van der Waals surface area contributed by atoms with Crippen LogP contribution in [0.3, 0.4) is 0 Å². The van der Waals surface area contributed by atoms with Gasteiger partial charge in [0.05, 0.1) is 5.71 Å². The summed E-state index contributed by atoms with van der Waals surface area (Å²) in [6, 6.07) is 0. The summed E-state index contributed by atoms with van der Waals surface area (Å²) < 4.78 is 29.4.